The highest BCUT2D eigenvalue weighted by Crippen LogP contribution is 2.31. The van der Waals surface area contributed by atoms with Gasteiger partial charge in [-0.15, -0.1) is 0 Å². The maximum atomic E-state index is 12.5. The summed E-state index contributed by atoms with van der Waals surface area (Å²) in [5.41, 5.74) is 1.09. The van der Waals surface area contributed by atoms with Gasteiger partial charge in [-0.1, -0.05) is 26.0 Å². The SMILES string of the molecule is CCN(CC)S(=O)(=O)c1ccc(CCC(=O)Nc2ccc(OC)c(OC(F)F)c2)cc1. The summed E-state index contributed by atoms with van der Waals surface area (Å²) in [4.78, 5) is 12.4. The average molecular weight is 457 g/mol. The third-order valence-electron chi connectivity index (χ3n) is 4.57. The molecule has 2 aromatic carbocycles. The Hall–Kier alpha value is -2.72. The normalized spacial score (nSPS) is 11.6. The first-order valence-corrected chi connectivity index (χ1v) is 11.2. The van der Waals surface area contributed by atoms with Gasteiger partial charge in [-0.05, 0) is 36.2 Å². The third-order valence-corrected chi connectivity index (χ3v) is 6.63. The van der Waals surface area contributed by atoms with Gasteiger partial charge in [0, 0.05) is 31.3 Å². The fourth-order valence-electron chi connectivity index (χ4n) is 2.96. The third kappa shape index (κ3) is 6.63. The lowest BCUT2D eigenvalue weighted by atomic mass is 10.1. The molecule has 0 spiro atoms. The first-order valence-electron chi connectivity index (χ1n) is 9.73. The molecule has 0 unspecified atom stereocenters. The van der Waals surface area contributed by atoms with E-state index in [9.17, 15) is 22.0 Å². The molecule has 170 valence electrons. The van der Waals surface area contributed by atoms with E-state index in [-0.39, 0.29) is 28.7 Å². The van der Waals surface area contributed by atoms with Crippen molar-refractivity contribution in [2.75, 3.05) is 25.5 Å². The number of halogens is 2. The van der Waals surface area contributed by atoms with Crippen LogP contribution in [-0.2, 0) is 21.2 Å². The Bertz CT molecular complexity index is 978. The number of sulfonamides is 1. The van der Waals surface area contributed by atoms with Gasteiger partial charge in [-0.25, -0.2) is 8.42 Å². The number of nitrogens with one attached hydrogen (secondary N) is 1. The summed E-state index contributed by atoms with van der Waals surface area (Å²) in [5, 5.41) is 2.62. The molecule has 0 aliphatic rings. The Morgan fingerprint density at radius 3 is 2.26 bits per heavy atom. The van der Waals surface area contributed by atoms with Crippen molar-refractivity contribution in [3.63, 3.8) is 0 Å². The molecule has 7 nitrogen and oxygen atoms in total. The van der Waals surface area contributed by atoms with Crippen molar-refractivity contribution in [1.29, 1.82) is 0 Å². The van der Waals surface area contributed by atoms with E-state index in [2.05, 4.69) is 10.1 Å². The van der Waals surface area contributed by atoms with Crippen LogP contribution in [0.15, 0.2) is 47.4 Å². The molecule has 10 heteroatoms. The van der Waals surface area contributed by atoms with Crippen LogP contribution in [0.5, 0.6) is 11.5 Å². The van der Waals surface area contributed by atoms with E-state index in [1.165, 1.54) is 41.7 Å². The van der Waals surface area contributed by atoms with Gasteiger partial charge in [-0.2, -0.15) is 13.1 Å². The fraction of sp³-hybridized carbons (Fsp3) is 0.381. The average Bonchev–Trinajstić information content (AvgIpc) is 2.73. The second kappa shape index (κ2) is 11.1. The molecule has 2 rings (SSSR count). The zero-order valence-corrected chi connectivity index (χ0v) is 18.4. The van der Waals surface area contributed by atoms with Crippen molar-refractivity contribution in [3.8, 4) is 11.5 Å². The lowest BCUT2D eigenvalue weighted by molar-refractivity contribution is -0.116. The first-order chi connectivity index (χ1) is 14.7. The van der Waals surface area contributed by atoms with Gasteiger partial charge in [0.25, 0.3) is 0 Å². The van der Waals surface area contributed by atoms with Crippen molar-refractivity contribution in [2.45, 2.75) is 38.2 Å². The van der Waals surface area contributed by atoms with Crippen molar-refractivity contribution in [3.05, 3.63) is 48.0 Å². The standard InChI is InChI=1S/C21H26F2N2O5S/c1-4-25(5-2)31(27,28)17-10-6-15(7-11-17)8-13-20(26)24-16-9-12-18(29-3)19(14-16)30-21(22)23/h6-7,9-12,14,21H,4-5,8,13H2,1-3H3,(H,24,26). The maximum absolute atomic E-state index is 12.5. The zero-order chi connectivity index (χ0) is 23.0. The van der Waals surface area contributed by atoms with Crippen LogP contribution in [0.3, 0.4) is 0 Å². The van der Waals surface area contributed by atoms with E-state index < -0.39 is 16.6 Å². The predicted octanol–water partition coefficient (Wildman–Crippen LogP) is 3.90. The molecule has 2 aromatic rings. The Morgan fingerprint density at radius 2 is 1.71 bits per heavy atom. The number of carbonyl (C=O) groups excluding carboxylic acids is 1. The first kappa shape index (κ1) is 24.5. The lowest BCUT2D eigenvalue weighted by Crippen LogP contribution is -2.30. The minimum atomic E-state index is -3.53. The van der Waals surface area contributed by atoms with E-state index in [0.717, 1.165) is 5.56 Å². The van der Waals surface area contributed by atoms with E-state index in [0.29, 0.717) is 25.2 Å². The number of rotatable bonds is 11. The van der Waals surface area contributed by atoms with Gasteiger partial charge in [0.2, 0.25) is 15.9 Å². The number of amides is 1. The van der Waals surface area contributed by atoms with Crippen molar-refractivity contribution >= 4 is 21.6 Å². The highest BCUT2D eigenvalue weighted by molar-refractivity contribution is 7.89. The van der Waals surface area contributed by atoms with Crippen LogP contribution in [0.2, 0.25) is 0 Å². The number of nitrogens with zero attached hydrogens (tertiary/aromatic N) is 1. The molecule has 0 aliphatic heterocycles. The summed E-state index contributed by atoms with van der Waals surface area (Å²) in [7, 11) is -2.21. The molecule has 1 amide bonds. The highest BCUT2D eigenvalue weighted by atomic mass is 32.2. The summed E-state index contributed by atoms with van der Waals surface area (Å²) in [6.45, 7) is 1.30. The van der Waals surface area contributed by atoms with E-state index in [4.69, 9.17) is 4.74 Å². The predicted molar refractivity (Wildman–Crippen MR) is 113 cm³/mol. The number of aryl methyl sites for hydroxylation is 1. The van der Waals surface area contributed by atoms with Gasteiger partial charge in [0.1, 0.15) is 0 Å². The van der Waals surface area contributed by atoms with E-state index >= 15 is 0 Å². The molecule has 0 aliphatic carbocycles. The van der Waals surface area contributed by atoms with Gasteiger partial charge in [0.05, 0.1) is 12.0 Å². The molecule has 0 radical (unpaired) electrons. The second-order valence-electron chi connectivity index (χ2n) is 6.53. The molecule has 0 heterocycles. The minimum absolute atomic E-state index is 0.123. The number of alkyl halides is 2. The van der Waals surface area contributed by atoms with Crippen molar-refractivity contribution in [1.82, 2.24) is 4.31 Å². The molecule has 0 bridgehead atoms. The quantitative estimate of drug-likeness (QED) is 0.554. The smallest absolute Gasteiger partial charge is 0.387 e. The lowest BCUT2D eigenvalue weighted by Gasteiger charge is -2.18. The molecule has 0 saturated heterocycles. The Morgan fingerprint density at radius 1 is 1.06 bits per heavy atom. The van der Waals surface area contributed by atoms with Crippen LogP contribution in [0.1, 0.15) is 25.8 Å². The van der Waals surface area contributed by atoms with Gasteiger partial charge in [0.15, 0.2) is 11.5 Å². The molecular formula is C21H26F2N2O5S. The number of ether oxygens (including phenoxy) is 2. The molecule has 0 aromatic heterocycles. The van der Waals surface area contributed by atoms with Crippen LogP contribution in [0.25, 0.3) is 0 Å². The summed E-state index contributed by atoms with van der Waals surface area (Å²) in [5.74, 6) is -0.383. The van der Waals surface area contributed by atoms with Crippen LogP contribution in [0, 0.1) is 0 Å². The summed E-state index contributed by atoms with van der Waals surface area (Å²) in [6, 6.07) is 10.6. The molecule has 0 saturated carbocycles. The van der Waals surface area contributed by atoms with E-state index in [1.807, 2.05) is 0 Å². The molecular weight excluding hydrogens is 430 g/mol. The number of hydrogen-bond donors (Lipinski definition) is 1. The highest BCUT2D eigenvalue weighted by Gasteiger charge is 2.21. The molecule has 0 atom stereocenters. The molecule has 31 heavy (non-hydrogen) atoms. The summed E-state index contributed by atoms with van der Waals surface area (Å²) in [6.07, 6.45) is 0.507. The van der Waals surface area contributed by atoms with Crippen LogP contribution < -0.4 is 14.8 Å². The number of methoxy groups -OCH3 is 1. The number of carbonyl (C=O) groups is 1. The monoisotopic (exact) mass is 456 g/mol. The van der Waals surface area contributed by atoms with Crippen LogP contribution in [0.4, 0.5) is 14.5 Å². The van der Waals surface area contributed by atoms with Crippen LogP contribution in [-0.4, -0.2) is 45.4 Å². The Kier molecular flexibility index (Phi) is 8.76. The van der Waals surface area contributed by atoms with E-state index in [1.54, 1.807) is 26.0 Å². The number of anilines is 1. The number of hydrogen-bond acceptors (Lipinski definition) is 5. The van der Waals surface area contributed by atoms with Crippen molar-refractivity contribution in [2.24, 2.45) is 0 Å². The molecule has 0 fully saturated rings. The largest absolute Gasteiger partial charge is 0.493 e. The van der Waals surface area contributed by atoms with Gasteiger partial charge in [-0.3, -0.25) is 4.79 Å². The number of benzene rings is 2. The minimum Gasteiger partial charge on any atom is -0.493 e. The fourth-order valence-corrected chi connectivity index (χ4v) is 4.42. The summed E-state index contributed by atoms with van der Waals surface area (Å²) < 4.78 is 60.8. The Labute approximate surface area is 181 Å². The Balaban J connectivity index is 1.99. The summed E-state index contributed by atoms with van der Waals surface area (Å²) >= 11 is 0. The topological polar surface area (TPSA) is 84.9 Å². The van der Waals surface area contributed by atoms with Gasteiger partial charge >= 0.3 is 6.61 Å². The second-order valence-corrected chi connectivity index (χ2v) is 8.46. The van der Waals surface area contributed by atoms with Crippen LogP contribution >= 0.6 is 0 Å². The zero-order valence-electron chi connectivity index (χ0n) is 17.6. The van der Waals surface area contributed by atoms with Crippen molar-refractivity contribution < 1.29 is 31.5 Å². The van der Waals surface area contributed by atoms with Gasteiger partial charge < -0.3 is 14.8 Å². The molecule has 1 N–H and O–H groups in total. The maximum Gasteiger partial charge on any atom is 0.387 e.